The first-order valence-corrected chi connectivity index (χ1v) is 5.58. The smallest absolute Gasteiger partial charge is 0.160 e. The molecular formula is C14H18O3. The van der Waals surface area contributed by atoms with E-state index in [-0.39, 0.29) is 18.8 Å². The monoisotopic (exact) mass is 234 g/mol. The second-order valence-corrected chi connectivity index (χ2v) is 4.06. The van der Waals surface area contributed by atoms with Gasteiger partial charge in [0.05, 0.1) is 19.3 Å². The van der Waals surface area contributed by atoms with E-state index in [4.69, 9.17) is 4.74 Å². The van der Waals surface area contributed by atoms with Gasteiger partial charge >= 0.3 is 0 Å². The molecule has 0 aromatic heterocycles. The Morgan fingerprint density at radius 2 is 2.06 bits per heavy atom. The maximum atomic E-state index is 11.3. The third-order valence-corrected chi connectivity index (χ3v) is 2.32. The zero-order valence-electron chi connectivity index (χ0n) is 10.1. The van der Waals surface area contributed by atoms with Crippen LogP contribution in [-0.2, 0) is 16.1 Å². The number of carbonyl (C=O) groups excluding carboxylic acids is 1. The van der Waals surface area contributed by atoms with Crippen LogP contribution in [0.4, 0.5) is 0 Å². The number of ketones is 1. The Morgan fingerprint density at radius 3 is 2.65 bits per heavy atom. The highest BCUT2D eigenvalue weighted by Gasteiger charge is 2.11. The van der Waals surface area contributed by atoms with Gasteiger partial charge in [0.25, 0.3) is 0 Å². The van der Waals surface area contributed by atoms with Crippen LogP contribution in [0.5, 0.6) is 0 Å². The number of aliphatic hydroxyl groups excluding tert-OH is 1. The molecule has 0 aliphatic rings. The molecule has 3 nitrogen and oxygen atoms in total. The average molecular weight is 234 g/mol. The maximum Gasteiger partial charge on any atom is 0.160 e. The molecule has 0 radical (unpaired) electrons. The SMILES string of the molecule is C=C(C)C(=O)C[C@H](O)COCc1ccccc1. The molecule has 0 bridgehead atoms. The van der Waals surface area contributed by atoms with Crippen molar-refractivity contribution in [3.8, 4) is 0 Å². The molecule has 0 aliphatic carbocycles. The van der Waals surface area contributed by atoms with Gasteiger partial charge in [-0.2, -0.15) is 0 Å². The first-order chi connectivity index (χ1) is 8.09. The third kappa shape index (κ3) is 5.43. The summed E-state index contributed by atoms with van der Waals surface area (Å²) in [5, 5.41) is 9.56. The van der Waals surface area contributed by atoms with E-state index in [1.807, 2.05) is 30.3 Å². The van der Waals surface area contributed by atoms with E-state index >= 15 is 0 Å². The van der Waals surface area contributed by atoms with Gasteiger partial charge in [-0.15, -0.1) is 0 Å². The minimum absolute atomic E-state index is 0.0735. The normalized spacial score (nSPS) is 12.1. The van der Waals surface area contributed by atoms with E-state index in [2.05, 4.69) is 6.58 Å². The molecule has 1 N–H and O–H groups in total. The molecule has 0 saturated carbocycles. The van der Waals surface area contributed by atoms with Gasteiger partial charge < -0.3 is 9.84 Å². The predicted molar refractivity (Wildman–Crippen MR) is 66.5 cm³/mol. The fourth-order valence-electron chi connectivity index (χ4n) is 1.33. The van der Waals surface area contributed by atoms with Crippen molar-refractivity contribution in [2.75, 3.05) is 6.61 Å². The number of aliphatic hydroxyl groups is 1. The summed E-state index contributed by atoms with van der Waals surface area (Å²) in [5.74, 6) is -0.124. The van der Waals surface area contributed by atoms with E-state index in [1.54, 1.807) is 6.92 Å². The molecule has 1 aromatic carbocycles. The summed E-state index contributed by atoms with van der Waals surface area (Å²) in [4.78, 5) is 11.3. The second kappa shape index (κ2) is 6.99. The van der Waals surface area contributed by atoms with Gasteiger partial charge in [-0.05, 0) is 18.1 Å². The van der Waals surface area contributed by atoms with Crippen LogP contribution >= 0.6 is 0 Å². The first kappa shape index (κ1) is 13.6. The number of rotatable bonds is 7. The second-order valence-electron chi connectivity index (χ2n) is 4.06. The highest BCUT2D eigenvalue weighted by Crippen LogP contribution is 2.04. The number of ether oxygens (including phenoxy) is 1. The van der Waals surface area contributed by atoms with E-state index in [1.165, 1.54) is 0 Å². The lowest BCUT2D eigenvalue weighted by Crippen LogP contribution is -2.19. The highest BCUT2D eigenvalue weighted by molar-refractivity contribution is 5.94. The molecule has 0 aliphatic heterocycles. The number of carbonyl (C=O) groups is 1. The predicted octanol–water partition coefficient (Wildman–Crippen LogP) is 2.10. The Hall–Kier alpha value is -1.45. The molecule has 1 rings (SSSR count). The van der Waals surface area contributed by atoms with Crippen molar-refractivity contribution in [1.29, 1.82) is 0 Å². The van der Waals surface area contributed by atoms with Crippen LogP contribution in [0.1, 0.15) is 18.9 Å². The van der Waals surface area contributed by atoms with E-state index in [0.717, 1.165) is 5.56 Å². The Morgan fingerprint density at radius 1 is 1.41 bits per heavy atom. The summed E-state index contributed by atoms with van der Waals surface area (Å²) in [6.45, 7) is 5.78. The average Bonchev–Trinajstić information content (AvgIpc) is 2.30. The van der Waals surface area contributed by atoms with Gasteiger partial charge in [-0.1, -0.05) is 36.9 Å². The fraction of sp³-hybridized carbons (Fsp3) is 0.357. The van der Waals surface area contributed by atoms with E-state index in [9.17, 15) is 9.90 Å². The number of Topliss-reactive ketones (excluding diaryl/α,β-unsaturated/α-hetero) is 1. The summed E-state index contributed by atoms with van der Waals surface area (Å²) < 4.78 is 5.33. The van der Waals surface area contributed by atoms with Crippen LogP contribution in [0.15, 0.2) is 42.5 Å². The fourth-order valence-corrected chi connectivity index (χ4v) is 1.33. The van der Waals surface area contributed by atoms with Crippen LogP contribution < -0.4 is 0 Å². The van der Waals surface area contributed by atoms with Gasteiger partial charge in [-0.3, -0.25) is 4.79 Å². The van der Waals surface area contributed by atoms with Gasteiger partial charge in [0.1, 0.15) is 0 Å². The third-order valence-electron chi connectivity index (χ3n) is 2.32. The molecule has 17 heavy (non-hydrogen) atoms. The van der Waals surface area contributed by atoms with Crippen LogP contribution in [0.25, 0.3) is 0 Å². The van der Waals surface area contributed by atoms with Gasteiger partial charge in [0, 0.05) is 6.42 Å². The molecule has 0 heterocycles. The number of hydrogen-bond acceptors (Lipinski definition) is 3. The zero-order chi connectivity index (χ0) is 12.7. The molecule has 0 spiro atoms. The Labute approximate surface area is 102 Å². The lowest BCUT2D eigenvalue weighted by atomic mass is 10.1. The van der Waals surface area contributed by atoms with Crippen LogP contribution in [-0.4, -0.2) is 23.6 Å². The topological polar surface area (TPSA) is 46.5 Å². The zero-order valence-corrected chi connectivity index (χ0v) is 10.1. The number of hydrogen-bond donors (Lipinski definition) is 1. The molecule has 1 atom stereocenters. The van der Waals surface area contributed by atoms with Crippen molar-refractivity contribution in [2.45, 2.75) is 26.1 Å². The number of allylic oxidation sites excluding steroid dienone is 1. The van der Waals surface area contributed by atoms with Crippen LogP contribution in [0, 0.1) is 0 Å². The summed E-state index contributed by atoms with van der Waals surface area (Å²) in [7, 11) is 0. The Bertz CT molecular complexity index is 370. The minimum atomic E-state index is -0.761. The molecule has 0 unspecified atom stereocenters. The minimum Gasteiger partial charge on any atom is -0.390 e. The van der Waals surface area contributed by atoms with Crippen molar-refractivity contribution in [3.05, 3.63) is 48.0 Å². The van der Waals surface area contributed by atoms with Crippen molar-refractivity contribution in [3.63, 3.8) is 0 Å². The molecule has 0 saturated heterocycles. The van der Waals surface area contributed by atoms with Gasteiger partial charge in [0.15, 0.2) is 5.78 Å². The van der Waals surface area contributed by atoms with Crippen molar-refractivity contribution < 1.29 is 14.6 Å². The first-order valence-electron chi connectivity index (χ1n) is 5.58. The van der Waals surface area contributed by atoms with Gasteiger partial charge in [-0.25, -0.2) is 0 Å². The molecule has 0 fully saturated rings. The Kier molecular flexibility index (Phi) is 5.60. The molecule has 1 aromatic rings. The van der Waals surface area contributed by atoms with Crippen molar-refractivity contribution >= 4 is 5.78 Å². The van der Waals surface area contributed by atoms with Crippen molar-refractivity contribution in [1.82, 2.24) is 0 Å². The molecule has 0 amide bonds. The quantitative estimate of drug-likeness (QED) is 0.735. The summed E-state index contributed by atoms with van der Waals surface area (Å²) in [5.41, 5.74) is 1.51. The van der Waals surface area contributed by atoms with Gasteiger partial charge in [0.2, 0.25) is 0 Å². The molecule has 3 heteroatoms. The molecular weight excluding hydrogens is 216 g/mol. The number of benzene rings is 1. The lowest BCUT2D eigenvalue weighted by molar-refractivity contribution is -0.118. The highest BCUT2D eigenvalue weighted by atomic mass is 16.5. The maximum absolute atomic E-state index is 11.3. The van der Waals surface area contributed by atoms with Crippen LogP contribution in [0.3, 0.4) is 0 Å². The Balaban J connectivity index is 2.23. The summed E-state index contributed by atoms with van der Waals surface area (Å²) in [6, 6.07) is 9.69. The lowest BCUT2D eigenvalue weighted by Gasteiger charge is -2.10. The molecule has 92 valence electrons. The van der Waals surface area contributed by atoms with Crippen LogP contribution in [0.2, 0.25) is 0 Å². The van der Waals surface area contributed by atoms with E-state index in [0.29, 0.717) is 12.2 Å². The largest absolute Gasteiger partial charge is 0.390 e. The van der Waals surface area contributed by atoms with Crippen molar-refractivity contribution in [2.24, 2.45) is 0 Å². The summed E-state index contributed by atoms with van der Waals surface area (Å²) >= 11 is 0. The standard InChI is InChI=1S/C14H18O3/c1-11(2)14(16)8-13(15)10-17-9-12-6-4-3-5-7-12/h3-7,13,15H,1,8-10H2,2H3/t13-/m0/s1. The summed E-state index contributed by atoms with van der Waals surface area (Å²) in [6.07, 6.45) is -0.688. The van der Waals surface area contributed by atoms with E-state index < -0.39 is 6.10 Å².